The third-order valence-electron chi connectivity index (χ3n) is 2.37. The van der Waals surface area contributed by atoms with Crippen LogP contribution in [0.1, 0.15) is 5.56 Å². The summed E-state index contributed by atoms with van der Waals surface area (Å²) in [5, 5.41) is 11.4. The van der Waals surface area contributed by atoms with E-state index in [1.165, 1.54) is 0 Å². The molecule has 5 heteroatoms. The summed E-state index contributed by atoms with van der Waals surface area (Å²) in [6, 6.07) is 9.12. The molecule has 0 aliphatic heterocycles. The third-order valence-corrected chi connectivity index (χ3v) is 2.59. The van der Waals surface area contributed by atoms with E-state index in [4.69, 9.17) is 16.7 Å². The second-order valence-electron chi connectivity index (χ2n) is 3.88. The van der Waals surface area contributed by atoms with Crippen molar-refractivity contribution in [3.8, 4) is 11.1 Å². The normalized spacial score (nSPS) is 10.1. The van der Waals surface area contributed by atoms with Gasteiger partial charge in [0.1, 0.15) is 5.82 Å². The van der Waals surface area contributed by atoms with E-state index in [1.807, 2.05) is 25.1 Å². The predicted molar refractivity (Wildman–Crippen MR) is 71.1 cm³/mol. The van der Waals surface area contributed by atoms with Crippen LogP contribution in [0.5, 0.6) is 0 Å². The van der Waals surface area contributed by atoms with Gasteiger partial charge < -0.3 is 5.11 Å². The molecule has 0 atom stereocenters. The summed E-state index contributed by atoms with van der Waals surface area (Å²) < 4.78 is 0. The highest BCUT2D eigenvalue weighted by Crippen LogP contribution is 2.24. The third kappa shape index (κ3) is 2.99. The van der Waals surface area contributed by atoms with Gasteiger partial charge in [-0.2, -0.15) is 0 Å². The van der Waals surface area contributed by atoms with Gasteiger partial charge in [0, 0.05) is 16.8 Å². The van der Waals surface area contributed by atoms with Crippen LogP contribution in [0.3, 0.4) is 0 Å². The summed E-state index contributed by atoms with van der Waals surface area (Å²) >= 11 is 5.99. The Morgan fingerprint density at radius 3 is 2.61 bits per heavy atom. The smallest absolute Gasteiger partial charge is 0.410 e. The van der Waals surface area contributed by atoms with Crippen LogP contribution in [-0.4, -0.2) is 16.2 Å². The molecule has 0 aliphatic carbocycles. The average Bonchev–Trinajstić information content (AvgIpc) is 2.27. The second kappa shape index (κ2) is 5.06. The van der Waals surface area contributed by atoms with Crippen molar-refractivity contribution in [2.75, 3.05) is 5.32 Å². The highest BCUT2D eigenvalue weighted by molar-refractivity contribution is 6.30. The maximum absolute atomic E-state index is 10.4. The van der Waals surface area contributed by atoms with E-state index in [2.05, 4.69) is 10.3 Å². The van der Waals surface area contributed by atoms with E-state index in [1.54, 1.807) is 18.3 Å². The number of amides is 1. The number of nitrogens with one attached hydrogen (secondary N) is 1. The van der Waals surface area contributed by atoms with E-state index in [-0.39, 0.29) is 0 Å². The molecule has 1 aromatic carbocycles. The fourth-order valence-electron chi connectivity index (χ4n) is 1.65. The maximum Gasteiger partial charge on any atom is 0.410 e. The molecule has 1 aromatic heterocycles. The van der Waals surface area contributed by atoms with E-state index >= 15 is 0 Å². The minimum atomic E-state index is -1.13. The highest BCUT2D eigenvalue weighted by Gasteiger charge is 2.03. The molecule has 0 spiro atoms. The summed E-state index contributed by atoms with van der Waals surface area (Å²) in [6.07, 6.45) is 0.477. The molecule has 0 fully saturated rings. The van der Waals surface area contributed by atoms with Gasteiger partial charge in [-0.25, -0.2) is 9.78 Å². The number of rotatable bonds is 2. The Bertz CT molecular complexity index is 562. The van der Waals surface area contributed by atoms with Crippen LogP contribution in [-0.2, 0) is 0 Å². The Hall–Kier alpha value is -2.07. The number of carbonyl (C=O) groups is 1. The van der Waals surface area contributed by atoms with Crippen molar-refractivity contribution in [2.45, 2.75) is 6.92 Å². The van der Waals surface area contributed by atoms with Gasteiger partial charge in [-0.15, -0.1) is 0 Å². The van der Waals surface area contributed by atoms with E-state index in [0.717, 1.165) is 16.7 Å². The van der Waals surface area contributed by atoms with Crippen molar-refractivity contribution >= 4 is 23.5 Å². The van der Waals surface area contributed by atoms with Crippen LogP contribution in [0.2, 0.25) is 5.02 Å². The Balaban J connectivity index is 2.31. The fraction of sp³-hybridized carbons (Fsp3) is 0.0769. The van der Waals surface area contributed by atoms with Crippen LogP contribution in [0, 0.1) is 6.92 Å². The molecule has 2 N–H and O–H groups in total. The van der Waals surface area contributed by atoms with Crippen LogP contribution in [0.25, 0.3) is 11.1 Å². The molecule has 2 rings (SSSR count). The van der Waals surface area contributed by atoms with Crippen molar-refractivity contribution in [3.05, 3.63) is 47.1 Å². The number of carboxylic acid groups (broad SMARTS) is 1. The second-order valence-corrected chi connectivity index (χ2v) is 4.32. The number of hydrogen-bond donors (Lipinski definition) is 2. The molecule has 0 saturated carbocycles. The van der Waals surface area contributed by atoms with Crippen molar-refractivity contribution in [2.24, 2.45) is 0 Å². The largest absolute Gasteiger partial charge is 0.465 e. The molecule has 18 heavy (non-hydrogen) atoms. The topological polar surface area (TPSA) is 62.2 Å². The average molecular weight is 263 g/mol. The summed E-state index contributed by atoms with van der Waals surface area (Å²) in [4.78, 5) is 14.5. The number of halogens is 1. The molecule has 0 aliphatic rings. The number of nitrogens with zero attached hydrogens (tertiary/aromatic N) is 1. The molecule has 2 aromatic rings. The lowest BCUT2D eigenvalue weighted by Crippen LogP contribution is -2.08. The first-order valence-corrected chi connectivity index (χ1v) is 5.66. The van der Waals surface area contributed by atoms with Crippen LogP contribution >= 0.6 is 11.6 Å². The van der Waals surface area contributed by atoms with Crippen molar-refractivity contribution in [1.29, 1.82) is 0 Å². The molecule has 0 unspecified atom stereocenters. The first-order chi connectivity index (χ1) is 8.54. The Kier molecular flexibility index (Phi) is 3.48. The number of pyridine rings is 1. The molecule has 0 bridgehead atoms. The van der Waals surface area contributed by atoms with Gasteiger partial charge in [-0.3, -0.25) is 5.32 Å². The number of aryl methyl sites for hydroxylation is 1. The van der Waals surface area contributed by atoms with Crippen molar-refractivity contribution < 1.29 is 9.90 Å². The maximum atomic E-state index is 10.4. The zero-order valence-electron chi connectivity index (χ0n) is 9.64. The van der Waals surface area contributed by atoms with Gasteiger partial charge in [0.15, 0.2) is 0 Å². The summed E-state index contributed by atoms with van der Waals surface area (Å²) in [6.45, 7) is 1.96. The molecule has 1 heterocycles. The number of hydrogen-bond acceptors (Lipinski definition) is 2. The first kappa shape index (κ1) is 12.4. The molecular formula is C13H11ClN2O2. The fourth-order valence-corrected chi connectivity index (χ4v) is 1.94. The monoisotopic (exact) mass is 262 g/mol. The van der Waals surface area contributed by atoms with Gasteiger partial charge in [-0.1, -0.05) is 17.7 Å². The number of benzene rings is 1. The molecule has 1 amide bonds. The lowest BCUT2D eigenvalue weighted by atomic mass is 10.1. The Labute approximate surface area is 109 Å². The van der Waals surface area contributed by atoms with Gasteiger partial charge in [0.2, 0.25) is 0 Å². The standard InChI is InChI=1S/C13H11ClN2O2/c1-8-4-10(6-11(14)5-8)9-2-3-12(15-7-9)16-13(17)18/h2-7H,1H3,(H,15,16)(H,17,18). The molecule has 4 nitrogen and oxygen atoms in total. The van der Waals surface area contributed by atoms with Crippen LogP contribution in [0.15, 0.2) is 36.5 Å². The molecule has 0 radical (unpaired) electrons. The minimum Gasteiger partial charge on any atom is -0.465 e. The quantitative estimate of drug-likeness (QED) is 0.865. The van der Waals surface area contributed by atoms with E-state index in [0.29, 0.717) is 10.8 Å². The van der Waals surface area contributed by atoms with E-state index in [9.17, 15) is 4.79 Å². The summed E-state index contributed by atoms with van der Waals surface area (Å²) in [5.41, 5.74) is 2.90. The molecular weight excluding hydrogens is 252 g/mol. The SMILES string of the molecule is Cc1cc(Cl)cc(-c2ccc(NC(=O)O)nc2)c1. The van der Waals surface area contributed by atoms with E-state index < -0.39 is 6.09 Å². The van der Waals surface area contributed by atoms with Crippen molar-refractivity contribution in [3.63, 3.8) is 0 Å². The predicted octanol–water partition coefficient (Wildman–Crippen LogP) is 3.80. The Morgan fingerprint density at radius 1 is 1.28 bits per heavy atom. The van der Waals surface area contributed by atoms with Crippen LogP contribution in [0.4, 0.5) is 10.6 Å². The zero-order chi connectivity index (χ0) is 13.1. The summed E-state index contributed by atoms with van der Waals surface area (Å²) in [5.74, 6) is 0.296. The zero-order valence-corrected chi connectivity index (χ0v) is 10.4. The highest BCUT2D eigenvalue weighted by atomic mass is 35.5. The Morgan fingerprint density at radius 2 is 2.06 bits per heavy atom. The van der Waals surface area contributed by atoms with Crippen LogP contribution < -0.4 is 5.32 Å². The van der Waals surface area contributed by atoms with Gasteiger partial charge in [0.05, 0.1) is 0 Å². The number of anilines is 1. The molecule has 92 valence electrons. The number of aromatic nitrogens is 1. The van der Waals surface area contributed by atoms with Gasteiger partial charge >= 0.3 is 6.09 Å². The van der Waals surface area contributed by atoms with Gasteiger partial charge in [-0.05, 0) is 42.3 Å². The van der Waals surface area contributed by atoms with Crippen molar-refractivity contribution in [1.82, 2.24) is 4.98 Å². The lowest BCUT2D eigenvalue weighted by molar-refractivity contribution is 0.209. The minimum absolute atomic E-state index is 0.296. The summed E-state index contributed by atoms with van der Waals surface area (Å²) in [7, 11) is 0. The molecule has 0 saturated heterocycles. The lowest BCUT2D eigenvalue weighted by Gasteiger charge is -2.05. The first-order valence-electron chi connectivity index (χ1n) is 5.28. The van der Waals surface area contributed by atoms with Gasteiger partial charge in [0.25, 0.3) is 0 Å².